The van der Waals surface area contributed by atoms with Crippen LogP contribution >= 0.6 is 0 Å². The first kappa shape index (κ1) is 13.0. The summed E-state index contributed by atoms with van der Waals surface area (Å²) in [6.45, 7) is 17.4. The predicted molar refractivity (Wildman–Crippen MR) is 67.2 cm³/mol. The molecular formula is C13H28N2. The molecule has 1 N–H and O–H groups in total. The lowest BCUT2D eigenvalue weighted by Crippen LogP contribution is -2.67. The molecule has 0 bridgehead atoms. The summed E-state index contributed by atoms with van der Waals surface area (Å²) in [6.07, 6.45) is 1.30. The zero-order chi connectivity index (χ0) is 11.7. The van der Waals surface area contributed by atoms with E-state index >= 15 is 0 Å². The van der Waals surface area contributed by atoms with E-state index in [1.165, 1.54) is 13.0 Å². The van der Waals surface area contributed by atoms with Crippen LogP contribution in [0.1, 0.15) is 48.0 Å². The molecule has 0 aromatic heterocycles. The zero-order valence-corrected chi connectivity index (χ0v) is 11.4. The quantitative estimate of drug-likeness (QED) is 0.773. The van der Waals surface area contributed by atoms with Crippen LogP contribution in [0.2, 0.25) is 0 Å². The fourth-order valence-electron chi connectivity index (χ4n) is 2.68. The molecule has 1 aliphatic rings. The maximum atomic E-state index is 3.54. The third kappa shape index (κ3) is 3.18. The average Bonchev–Trinajstić information content (AvgIpc) is 1.99. The van der Waals surface area contributed by atoms with Gasteiger partial charge in [0.25, 0.3) is 0 Å². The molecule has 1 heterocycles. The van der Waals surface area contributed by atoms with E-state index in [0.29, 0.717) is 0 Å². The summed E-state index contributed by atoms with van der Waals surface area (Å²) in [5.41, 5.74) is 0.577. The molecule has 1 rings (SSSR count). The molecular weight excluding hydrogens is 184 g/mol. The Morgan fingerprint density at radius 2 is 1.53 bits per heavy atom. The highest BCUT2D eigenvalue weighted by Gasteiger charge is 2.40. The van der Waals surface area contributed by atoms with Crippen molar-refractivity contribution in [2.45, 2.75) is 59.0 Å². The molecule has 0 aromatic carbocycles. The number of rotatable bonds is 3. The first-order valence-electron chi connectivity index (χ1n) is 6.24. The summed E-state index contributed by atoms with van der Waals surface area (Å²) in [6, 6.07) is 0. The largest absolute Gasteiger partial charge is 0.313 e. The average molecular weight is 212 g/mol. The topological polar surface area (TPSA) is 15.3 Å². The van der Waals surface area contributed by atoms with Gasteiger partial charge in [0.05, 0.1) is 0 Å². The summed E-state index contributed by atoms with van der Waals surface area (Å²) in [7, 11) is 0. The lowest BCUT2D eigenvalue weighted by Gasteiger charge is -2.53. The predicted octanol–water partition coefficient (Wildman–Crippen LogP) is 2.49. The van der Waals surface area contributed by atoms with Gasteiger partial charge in [0, 0.05) is 24.2 Å². The third-order valence-electron chi connectivity index (χ3n) is 3.51. The molecule has 0 spiro atoms. The summed E-state index contributed by atoms with van der Waals surface area (Å²) in [4.78, 5) is 2.68. The minimum Gasteiger partial charge on any atom is -0.313 e. The molecule has 0 radical (unpaired) electrons. The Morgan fingerprint density at radius 3 is 1.93 bits per heavy atom. The molecule has 0 aliphatic carbocycles. The first-order valence-corrected chi connectivity index (χ1v) is 6.24. The molecule has 1 aliphatic heterocycles. The van der Waals surface area contributed by atoms with Gasteiger partial charge in [-0.1, -0.05) is 13.8 Å². The van der Waals surface area contributed by atoms with E-state index in [-0.39, 0.29) is 11.1 Å². The molecule has 0 atom stereocenters. The van der Waals surface area contributed by atoms with Gasteiger partial charge >= 0.3 is 0 Å². The van der Waals surface area contributed by atoms with E-state index in [2.05, 4.69) is 51.8 Å². The normalized spacial score (nSPS) is 25.8. The number of nitrogens with zero attached hydrogens (tertiary/aromatic N) is 1. The summed E-state index contributed by atoms with van der Waals surface area (Å²) < 4.78 is 0. The van der Waals surface area contributed by atoms with Gasteiger partial charge in [0.1, 0.15) is 0 Å². The highest BCUT2D eigenvalue weighted by Crippen LogP contribution is 2.28. The second-order valence-electron chi connectivity index (χ2n) is 6.56. The fourth-order valence-corrected chi connectivity index (χ4v) is 2.68. The van der Waals surface area contributed by atoms with Crippen molar-refractivity contribution in [3.05, 3.63) is 0 Å². The molecule has 0 saturated carbocycles. The van der Waals surface area contributed by atoms with Gasteiger partial charge in [-0.2, -0.15) is 0 Å². The standard InChI is InChI=1S/C13H28N2/c1-11(2)7-8-15-12(3,4)9-14-10-13(15,5)6/h11,14H,7-10H2,1-6H3. The Morgan fingerprint density at radius 1 is 1.07 bits per heavy atom. The van der Waals surface area contributed by atoms with Crippen LogP contribution in [-0.2, 0) is 0 Å². The molecule has 2 heteroatoms. The Hall–Kier alpha value is -0.0800. The van der Waals surface area contributed by atoms with E-state index in [1.54, 1.807) is 0 Å². The Bertz CT molecular complexity index is 191. The minimum absolute atomic E-state index is 0.288. The van der Waals surface area contributed by atoms with Crippen LogP contribution in [0.25, 0.3) is 0 Å². The fraction of sp³-hybridized carbons (Fsp3) is 1.00. The monoisotopic (exact) mass is 212 g/mol. The van der Waals surface area contributed by atoms with Crippen molar-refractivity contribution < 1.29 is 0 Å². The third-order valence-corrected chi connectivity index (χ3v) is 3.51. The van der Waals surface area contributed by atoms with E-state index in [1.807, 2.05) is 0 Å². The summed E-state index contributed by atoms with van der Waals surface area (Å²) in [5, 5.41) is 3.54. The van der Waals surface area contributed by atoms with Crippen molar-refractivity contribution in [2.75, 3.05) is 19.6 Å². The minimum atomic E-state index is 0.288. The maximum Gasteiger partial charge on any atom is 0.0283 e. The Balaban J connectivity index is 2.68. The molecule has 2 nitrogen and oxygen atoms in total. The highest BCUT2D eigenvalue weighted by atomic mass is 15.3. The second kappa shape index (κ2) is 4.42. The van der Waals surface area contributed by atoms with Gasteiger partial charge < -0.3 is 5.32 Å². The van der Waals surface area contributed by atoms with Crippen molar-refractivity contribution in [2.24, 2.45) is 5.92 Å². The molecule has 90 valence electrons. The first-order chi connectivity index (χ1) is 6.76. The molecule has 1 fully saturated rings. The number of piperazine rings is 1. The maximum absolute atomic E-state index is 3.54. The van der Waals surface area contributed by atoms with E-state index in [0.717, 1.165) is 19.0 Å². The Labute approximate surface area is 95.4 Å². The molecule has 1 saturated heterocycles. The Kier molecular flexibility index (Phi) is 3.83. The van der Waals surface area contributed by atoms with Gasteiger partial charge in [-0.15, -0.1) is 0 Å². The van der Waals surface area contributed by atoms with Crippen LogP contribution in [0.15, 0.2) is 0 Å². The molecule has 0 amide bonds. The number of hydrogen-bond donors (Lipinski definition) is 1. The molecule has 0 aromatic rings. The van der Waals surface area contributed by atoms with Gasteiger partial charge in [-0.3, -0.25) is 4.90 Å². The number of hydrogen-bond acceptors (Lipinski definition) is 2. The van der Waals surface area contributed by atoms with Gasteiger partial charge in [-0.05, 0) is 46.6 Å². The van der Waals surface area contributed by atoms with Crippen LogP contribution in [-0.4, -0.2) is 35.6 Å². The number of nitrogens with one attached hydrogen (secondary N) is 1. The van der Waals surface area contributed by atoms with Crippen molar-refractivity contribution in [1.82, 2.24) is 10.2 Å². The van der Waals surface area contributed by atoms with Crippen LogP contribution in [0.3, 0.4) is 0 Å². The lowest BCUT2D eigenvalue weighted by atomic mass is 9.88. The van der Waals surface area contributed by atoms with Crippen molar-refractivity contribution in [3.63, 3.8) is 0 Å². The summed E-state index contributed by atoms with van der Waals surface area (Å²) >= 11 is 0. The van der Waals surface area contributed by atoms with Gasteiger partial charge in [0.2, 0.25) is 0 Å². The lowest BCUT2D eigenvalue weighted by molar-refractivity contribution is -0.0158. The van der Waals surface area contributed by atoms with E-state index < -0.39 is 0 Å². The van der Waals surface area contributed by atoms with Gasteiger partial charge in [0.15, 0.2) is 0 Å². The van der Waals surface area contributed by atoms with Crippen LogP contribution in [0.4, 0.5) is 0 Å². The smallest absolute Gasteiger partial charge is 0.0283 e. The van der Waals surface area contributed by atoms with Crippen molar-refractivity contribution >= 4 is 0 Å². The van der Waals surface area contributed by atoms with Gasteiger partial charge in [-0.25, -0.2) is 0 Å². The highest BCUT2D eigenvalue weighted by molar-refractivity contribution is 4.99. The second-order valence-corrected chi connectivity index (χ2v) is 6.56. The van der Waals surface area contributed by atoms with Crippen LogP contribution < -0.4 is 5.32 Å². The van der Waals surface area contributed by atoms with Crippen LogP contribution in [0.5, 0.6) is 0 Å². The summed E-state index contributed by atoms with van der Waals surface area (Å²) in [5.74, 6) is 0.798. The zero-order valence-electron chi connectivity index (χ0n) is 11.4. The van der Waals surface area contributed by atoms with Crippen molar-refractivity contribution in [1.29, 1.82) is 0 Å². The van der Waals surface area contributed by atoms with E-state index in [4.69, 9.17) is 0 Å². The SMILES string of the molecule is CC(C)CCN1C(C)(C)CNCC1(C)C. The molecule has 15 heavy (non-hydrogen) atoms. The van der Waals surface area contributed by atoms with Crippen LogP contribution in [0, 0.1) is 5.92 Å². The van der Waals surface area contributed by atoms with Crippen molar-refractivity contribution in [3.8, 4) is 0 Å². The van der Waals surface area contributed by atoms with E-state index in [9.17, 15) is 0 Å². The molecule has 0 unspecified atom stereocenters.